The van der Waals surface area contributed by atoms with Gasteiger partial charge in [0, 0.05) is 5.02 Å². The number of benzene rings is 1. The second kappa shape index (κ2) is 5.35. The van der Waals surface area contributed by atoms with E-state index in [9.17, 15) is 0 Å². The van der Waals surface area contributed by atoms with Gasteiger partial charge in [-0.1, -0.05) is 23.7 Å². The number of halogens is 1. The molecule has 2 rings (SSSR count). The number of imidazole rings is 1. The Bertz CT molecular complexity index is 560. The molecule has 0 aliphatic heterocycles. The van der Waals surface area contributed by atoms with Crippen molar-refractivity contribution >= 4 is 11.6 Å². The average molecular weight is 278 g/mol. The van der Waals surface area contributed by atoms with Gasteiger partial charge in [-0.2, -0.15) is 0 Å². The molecule has 2 aromatic rings. The molecule has 1 unspecified atom stereocenters. The van der Waals surface area contributed by atoms with Crippen LogP contribution in [0.2, 0.25) is 5.02 Å². The molecular formula is C15H20ClN3. The zero-order valence-electron chi connectivity index (χ0n) is 11.8. The van der Waals surface area contributed by atoms with Crippen LogP contribution in [-0.2, 0) is 5.54 Å². The highest BCUT2D eigenvalue weighted by atomic mass is 35.5. The van der Waals surface area contributed by atoms with Crippen LogP contribution in [0.15, 0.2) is 36.8 Å². The highest BCUT2D eigenvalue weighted by Crippen LogP contribution is 2.27. The predicted molar refractivity (Wildman–Crippen MR) is 79.6 cm³/mol. The molecule has 0 bridgehead atoms. The standard InChI is InChI=1S/C15H20ClN3/c1-11(12-6-5-7-13(16)8-12)19-10-18-9-14(19)15(2,3)17-4/h5-11,17H,1-4H3. The highest BCUT2D eigenvalue weighted by molar-refractivity contribution is 6.30. The minimum absolute atomic E-state index is 0.122. The van der Waals surface area contributed by atoms with Gasteiger partial charge in [-0.05, 0) is 45.5 Å². The Kier molecular flexibility index (Phi) is 3.97. The maximum absolute atomic E-state index is 6.07. The summed E-state index contributed by atoms with van der Waals surface area (Å²) in [6, 6.07) is 8.16. The predicted octanol–water partition coefficient (Wildman–Crippen LogP) is 3.60. The summed E-state index contributed by atoms with van der Waals surface area (Å²) < 4.78 is 2.18. The zero-order valence-corrected chi connectivity index (χ0v) is 12.6. The van der Waals surface area contributed by atoms with Gasteiger partial charge in [-0.3, -0.25) is 0 Å². The molecule has 3 nitrogen and oxygen atoms in total. The van der Waals surface area contributed by atoms with Crippen molar-refractivity contribution in [1.29, 1.82) is 0 Å². The molecule has 0 saturated carbocycles. The zero-order chi connectivity index (χ0) is 14.0. The Balaban J connectivity index is 2.40. The lowest BCUT2D eigenvalue weighted by atomic mass is 10.00. The molecule has 0 aliphatic rings. The van der Waals surface area contributed by atoms with Crippen LogP contribution in [-0.4, -0.2) is 16.6 Å². The van der Waals surface area contributed by atoms with Crippen LogP contribution in [0.25, 0.3) is 0 Å². The molecule has 0 spiro atoms. The van der Waals surface area contributed by atoms with Gasteiger partial charge in [0.1, 0.15) is 0 Å². The van der Waals surface area contributed by atoms with Gasteiger partial charge in [-0.25, -0.2) is 4.98 Å². The molecule has 0 saturated heterocycles. The van der Waals surface area contributed by atoms with Crippen LogP contribution < -0.4 is 5.32 Å². The number of rotatable bonds is 4. The maximum atomic E-state index is 6.07. The number of nitrogens with zero attached hydrogens (tertiary/aromatic N) is 2. The number of hydrogen-bond donors (Lipinski definition) is 1. The Labute approximate surface area is 119 Å². The molecule has 19 heavy (non-hydrogen) atoms. The summed E-state index contributed by atoms with van der Waals surface area (Å²) in [5, 5.41) is 4.08. The number of hydrogen-bond acceptors (Lipinski definition) is 2. The lowest BCUT2D eigenvalue weighted by molar-refractivity contribution is 0.401. The molecule has 1 N–H and O–H groups in total. The van der Waals surface area contributed by atoms with E-state index in [0.29, 0.717) is 0 Å². The van der Waals surface area contributed by atoms with Gasteiger partial charge >= 0.3 is 0 Å². The van der Waals surface area contributed by atoms with Crippen LogP contribution in [0.3, 0.4) is 0 Å². The molecule has 0 aliphatic carbocycles. The Morgan fingerprint density at radius 3 is 2.74 bits per heavy atom. The Morgan fingerprint density at radius 1 is 1.37 bits per heavy atom. The second-order valence-corrected chi connectivity index (χ2v) is 5.73. The van der Waals surface area contributed by atoms with Crippen LogP contribution in [0, 0.1) is 0 Å². The molecule has 4 heteroatoms. The van der Waals surface area contributed by atoms with E-state index in [1.54, 1.807) is 0 Å². The van der Waals surface area contributed by atoms with Crippen molar-refractivity contribution in [2.75, 3.05) is 7.05 Å². The van der Waals surface area contributed by atoms with E-state index >= 15 is 0 Å². The van der Waals surface area contributed by atoms with Crippen LogP contribution in [0.4, 0.5) is 0 Å². The average Bonchev–Trinajstić information content (AvgIpc) is 2.88. The fourth-order valence-electron chi connectivity index (χ4n) is 2.15. The van der Waals surface area contributed by atoms with Crippen molar-refractivity contribution < 1.29 is 0 Å². The van der Waals surface area contributed by atoms with Crippen molar-refractivity contribution in [1.82, 2.24) is 14.9 Å². The quantitative estimate of drug-likeness (QED) is 0.925. The summed E-state index contributed by atoms with van der Waals surface area (Å²) in [6.45, 7) is 6.44. The summed E-state index contributed by atoms with van der Waals surface area (Å²) in [6.07, 6.45) is 3.79. The van der Waals surface area contributed by atoms with Gasteiger partial charge < -0.3 is 9.88 Å². The Morgan fingerprint density at radius 2 is 2.11 bits per heavy atom. The van der Waals surface area contributed by atoms with E-state index in [1.807, 2.05) is 37.8 Å². The third-order valence-corrected chi connectivity index (χ3v) is 3.91. The van der Waals surface area contributed by atoms with E-state index in [-0.39, 0.29) is 11.6 Å². The van der Waals surface area contributed by atoms with Gasteiger partial charge in [0.2, 0.25) is 0 Å². The van der Waals surface area contributed by atoms with Crippen molar-refractivity contribution in [3.8, 4) is 0 Å². The van der Waals surface area contributed by atoms with E-state index in [1.165, 1.54) is 5.56 Å². The minimum Gasteiger partial charge on any atom is -0.326 e. The van der Waals surface area contributed by atoms with Crippen LogP contribution in [0.5, 0.6) is 0 Å². The van der Waals surface area contributed by atoms with Crippen molar-refractivity contribution in [2.24, 2.45) is 0 Å². The summed E-state index contributed by atoms with van der Waals surface area (Å²) in [7, 11) is 1.96. The third-order valence-electron chi connectivity index (χ3n) is 3.68. The largest absolute Gasteiger partial charge is 0.326 e. The fraction of sp³-hybridized carbons (Fsp3) is 0.400. The van der Waals surface area contributed by atoms with Gasteiger partial charge in [0.25, 0.3) is 0 Å². The Hall–Kier alpha value is -1.32. The van der Waals surface area contributed by atoms with Crippen molar-refractivity contribution in [3.05, 3.63) is 53.1 Å². The first kappa shape index (κ1) is 14.1. The smallest absolute Gasteiger partial charge is 0.0954 e. The van der Waals surface area contributed by atoms with Crippen molar-refractivity contribution in [2.45, 2.75) is 32.4 Å². The van der Waals surface area contributed by atoms with E-state index in [4.69, 9.17) is 11.6 Å². The lowest BCUT2D eigenvalue weighted by Gasteiger charge is -2.28. The molecular weight excluding hydrogens is 258 g/mol. The molecule has 102 valence electrons. The van der Waals surface area contributed by atoms with Gasteiger partial charge in [-0.15, -0.1) is 0 Å². The summed E-state index contributed by atoms with van der Waals surface area (Å²) in [4.78, 5) is 4.30. The normalized spacial score (nSPS) is 13.5. The van der Waals surface area contributed by atoms with Gasteiger partial charge in [0.15, 0.2) is 0 Å². The number of nitrogens with one attached hydrogen (secondary N) is 1. The molecule has 0 fully saturated rings. The summed E-state index contributed by atoms with van der Waals surface area (Å²) in [5.74, 6) is 0. The lowest BCUT2D eigenvalue weighted by Crippen LogP contribution is -2.36. The monoisotopic (exact) mass is 277 g/mol. The van der Waals surface area contributed by atoms with E-state index < -0.39 is 0 Å². The molecule has 1 aromatic carbocycles. The third kappa shape index (κ3) is 2.82. The number of aromatic nitrogens is 2. The molecule has 0 amide bonds. The van der Waals surface area contributed by atoms with Crippen molar-refractivity contribution in [3.63, 3.8) is 0 Å². The first-order chi connectivity index (χ1) is 8.95. The van der Waals surface area contributed by atoms with Crippen LogP contribution in [0.1, 0.15) is 38.1 Å². The van der Waals surface area contributed by atoms with Crippen LogP contribution >= 0.6 is 11.6 Å². The maximum Gasteiger partial charge on any atom is 0.0954 e. The van der Waals surface area contributed by atoms with E-state index in [0.717, 1.165) is 10.7 Å². The topological polar surface area (TPSA) is 29.9 Å². The van der Waals surface area contributed by atoms with Gasteiger partial charge in [0.05, 0.1) is 29.8 Å². The molecule has 1 heterocycles. The second-order valence-electron chi connectivity index (χ2n) is 5.29. The minimum atomic E-state index is -0.122. The SMILES string of the molecule is CNC(C)(C)c1cncn1C(C)c1cccc(Cl)c1. The first-order valence-corrected chi connectivity index (χ1v) is 6.80. The summed E-state index contributed by atoms with van der Waals surface area (Å²) >= 11 is 6.07. The summed E-state index contributed by atoms with van der Waals surface area (Å²) in [5.41, 5.74) is 2.21. The van der Waals surface area contributed by atoms with E-state index in [2.05, 4.69) is 41.7 Å². The fourth-order valence-corrected chi connectivity index (χ4v) is 2.35. The highest BCUT2D eigenvalue weighted by Gasteiger charge is 2.24. The first-order valence-electron chi connectivity index (χ1n) is 6.42. The molecule has 1 atom stereocenters. The molecule has 0 radical (unpaired) electrons. The molecule has 1 aromatic heterocycles.